The lowest BCUT2D eigenvalue weighted by Gasteiger charge is -2.30. The van der Waals surface area contributed by atoms with Gasteiger partial charge < -0.3 is 15.3 Å². The van der Waals surface area contributed by atoms with Gasteiger partial charge in [0.2, 0.25) is 0 Å². The Kier molecular flexibility index (Phi) is 5.01. The van der Waals surface area contributed by atoms with Gasteiger partial charge in [-0.05, 0) is 31.0 Å². The van der Waals surface area contributed by atoms with Crippen molar-refractivity contribution in [2.24, 2.45) is 5.92 Å². The Morgan fingerprint density at radius 1 is 1.30 bits per heavy atom. The van der Waals surface area contributed by atoms with Gasteiger partial charge in [0.1, 0.15) is 5.82 Å². The van der Waals surface area contributed by atoms with Crippen LogP contribution in [0.25, 0.3) is 16.9 Å². The van der Waals surface area contributed by atoms with E-state index in [1.807, 2.05) is 11.0 Å². The standard InChI is InChI=1S/C23H19FN6O3/c24-15-5-1-3-13(10-25)20(15)16-9-18(21-17(27-16)11-26-22(21)31)30-8-6-19(28-30)29-7-2-4-14(12-29)23(32)33/h1,3,5-6,8-9,14H,2,4,7,11-12H2,(H,26,31)(H,32,33). The van der Waals surface area contributed by atoms with Gasteiger partial charge in [-0.15, -0.1) is 0 Å². The van der Waals surface area contributed by atoms with E-state index in [4.69, 9.17) is 0 Å². The van der Waals surface area contributed by atoms with Crippen LogP contribution in [0.2, 0.25) is 0 Å². The van der Waals surface area contributed by atoms with Crippen LogP contribution in [0.15, 0.2) is 36.5 Å². The van der Waals surface area contributed by atoms with Gasteiger partial charge in [0.25, 0.3) is 5.91 Å². The van der Waals surface area contributed by atoms with E-state index in [9.17, 15) is 24.3 Å². The van der Waals surface area contributed by atoms with Crippen LogP contribution in [0.1, 0.15) is 34.5 Å². The van der Waals surface area contributed by atoms with Gasteiger partial charge in [-0.2, -0.15) is 10.4 Å². The van der Waals surface area contributed by atoms with Gasteiger partial charge in [-0.3, -0.25) is 9.59 Å². The van der Waals surface area contributed by atoms with Gasteiger partial charge in [-0.1, -0.05) is 6.07 Å². The highest BCUT2D eigenvalue weighted by Gasteiger charge is 2.29. The van der Waals surface area contributed by atoms with E-state index in [1.54, 1.807) is 18.3 Å². The summed E-state index contributed by atoms with van der Waals surface area (Å²) in [7, 11) is 0. The zero-order chi connectivity index (χ0) is 23.1. The van der Waals surface area contributed by atoms with Gasteiger partial charge in [-0.25, -0.2) is 14.1 Å². The normalized spacial score (nSPS) is 17.4. The molecule has 0 spiro atoms. The van der Waals surface area contributed by atoms with Crippen LogP contribution in [0, 0.1) is 23.1 Å². The lowest BCUT2D eigenvalue weighted by atomic mass is 9.98. The predicted molar refractivity (Wildman–Crippen MR) is 115 cm³/mol. The highest BCUT2D eigenvalue weighted by Crippen LogP contribution is 2.32. The van der Waals surface area contributed by atoms with E-state index in [-0.39, 0.29) is 29.3 Å². The molecule has 0 saturated carbocycles. The Balaban J connectivity index is 1.59. The zero-order valence-corrected chi connectivity index (χ0v) is 17.5. The molecule has 1 unspecified atom stereocenters. The second kappa shape index (κ2) is 8.02. The van der Waals surface area contributed by atoms with E-state index in [0.717, 1.165) is 6.42 Å². The molecule has 0 aliphatic carbocycles. The number of aliphatic carboxylic acids is 1. The summed E-state index contributed by atoms with van der Waals surface area (Å²) in [6.07, 6.45) is 3.04. The number of anilines is 1. The molecule has 9 nitrogen and oxygen atoms in total. The van der Waals surface area contributed by atoms with Crippen LogP contribution in [0.4, 0.5) is 10.2 Å². The molecule has 2 N–H and O–H groups in total. The first-order valence-corrected chi connectivity index (χ1v) is 10.5. The number of nitriles is 1. The fourth-order valence-electron chi connectivity index (χ4n) is 4.40. The largest absolute Gasteiger partial charge is 0.481 e. The van der Waals surface area contributed by atoms with E-state index in [2.05, 4.69) is 15.4 Å². The molecule has 1 aromatic carbocycles. The summed E-state index contributed by atoms with van der Waals surface area (Å²) in [4.78, 5) is 30.3. The van der Waals surface area contributed by atoms with E-state index >= 15 is 0 Å². The number of hydrogen-bond donors (Lipinski definition) is 2. The quantitative estimate of drug-likeness (QED) is 0.631. The van der Waals surface area contributed by atoms with Crippen molar-refractivity contribution in [3.63, 3.8) is 0 Å². The molecule has 10 heteroatoms. The second-order valence-corrected chi connectivity index (χ2v) is 8.05. The van der Waals surface area contributed by atoms with E-state index < -0.39 is 17.7 Å². The molecular formula is C23H19FN6O3. The number of fused-ring (bicyclic) bond motifs is 1. The Bertz CT molecular complexity index is 1330. The summed E-state index contributed by atoms with van der Waals surface area (Å²) < 4.78 is 16.2. The first kappa shape index (κ1) is 20.6. The molecule has 1 amide bonds. The Morgan fingerprint density at radius 2 is 2.15 bits per heavy atom. The van der Waals surface area contributed by atoms with Crippen molar-refractivity contribution >= 4 is 17.7 Å². The minimum atomic E-state index is -0.828. The lowest BCUT2D eigenvalue weighted by Crippen LogP contribution is -2.39. The van der Waals surface area contributed by atoms with Gasteiger partial charge in [0, 0.05) is 25.4 Å². The third kappa shape index (κ3) is 3.57. The molecule has 1 saturated heterocycles. The number of carbonyl (C=O) groups is 2. The van der Waals surface area contributed by atoms with Crippen LogP contribution in [-0.4, -0.2) is 44.8 Å². The highest BCUT2D eigenvalue weighted by atomic mass is 19.1. The molecule has 1 atom stereocenters. The van der Waals surface area contributed by atoms with Crippen molar-refractivity contribution in [3.8, 4) is 23.0 Å². The first-order chi connectivity index (χ1) is 16.0. The molecule has 0 bridgehead atoms. The number of pyridine rings is 1. The summed E-state index contributed by atoms with van der Waals surface area (Å²) in [5, 5.41) is 26.1. The van der Waals surface area contributed by atoms with Gasteiger partial charge >= 0.3 is 5.97 Å². The number of nitrogens with one attached hydrogen (secondary N) is 1. The summed E-state index contributed by atoms with van der Waals surface area (Å²) in [6.45, 7) is 1.22. The minimum absolute atomic E-state index is 0.0658. The number of carboxylic acids is 1. The molecule has 5 rings (SSSR count). The van der Waals surface area contributed by atoms with Gasteiger partial charge in [0.15, 0.2) is 5.82 Å². The van der Waals surface area contributed by atoms with Crippen LogP contribution < -0.4 is 10.2 Å². The van der Waals surface area contributed by atoms with E-state index in [0.29, 0.717) is 42.3 Å². The summed E-state index contributed by atoms with van der Waals surface area (Å²) in [6, 6.07) is 9.53. The maximum Gasteiger partial charge on any atom is 0.308 e. The molecule has 0 radical (unpaired) electrons. The summed E-state index contributed by atoms with van der Waals surface area (Å²) in [5.41, 5.74) is 1.63. The second-order valence-electron chi connectivity index (χ2n) is 8.05. The first-order valence-electron chi connectivity index (χ1n) is 10.5. The highest BCUT2D eigenvalue weighted by molar-refractivity contribution is 6.01. The fraction of sp³-hybridized carbons (Fsp3) is 0.261. The third-order valence-electron chi connectivity index (χ3n) is 6.02. The Labute approximate surface area is 188 Å². The SMILES string of the molecule is N#Cc1cccc(F)c1-c1cc(-n2ccc(N3CCCC(C(=O)O)C3)n2)c2c(n1)CNC2=O. The Morgan fingerprint density at radius 3 is 2.94 bits per heavy atom. The van der Waals surface area contributed by atoms with Gasteiger partial charge in [0.05, 0.1) is 52.3 Å². The van der Waals surface area contributed by atoms with Crippen LogP contribution in [-0.2, 0) is 11.3 Å². The maximum atomic E-state index is 14.7. The molecule has 2 aliphatic heterocycles. The molecule has 33 heavy (non-hydrogen) atoms. The zero-order valence-electron chi connectivity index (χ0n) is 17.5. The average Bonchev–Trinajstić information content (AvgIpc) is 3.46. The average molecular weight is 446 g/mol. The van der Waals surface area contributed by atoms with E-state index in [1.165, 1.54) is 22.9 Å². The number of piperidine rings is 1. The molecule has 3 aromatic rings. The molecular weight excluding hydrogens is 427 g/mol. The number of carbonyl (C=O) groups excluding carboxylic acids is 1. The van der Waals surface area contributed by atoms with Crippen LogP contribution >= 0.6 is 0 Å². The smallest absolute Gasteiger partial charge is 0.308 e. The molecule has 1 fully saturated rings. The molecule has 2 aromatic heterocycles. The number of benzene rings is 1. The molecule has 166 valence electrons. The van der Waals surface area contributed by atoms with Crippen molar-refractivity contribution < 1.29 is 19.1 Å². The van der Waals surface area contributed by atoms with Crippen LogP contribution in [0.5, 0.6) is 0 Å². The number of rotatable bonds is 4. The summed E-state index contributed by atoms with van der Waals surface area (Å²) in [5.74, 6) is -1.59. The number of nitrogens with zero attached hydrogens (tertiary/aromatic N) is 5. The fourth-order valence-corrected chi connectivity index (χ4v) is 4.40. The maximum absolute atomic E-state index is 14.7. The lowest BCUT2D eigenvalue weighted by molar-refractivity contribution is -0.141. The molecule has 2 aliphatic rings. The minimum Gasteiger partial charge on any atom is -0.481 e. The molecule has 4 heterocycles. The van der Waals surface area contributed by atoms with Crippen molar-refractivity contribution in [2.75, 3.05) is 18.0 Å². The number of aromatic nitrogens is 3. The van der Waals surface area contributed by atoms with Crippen molar-refractivity contribution in [2.45, 2.75) is 19.4 Å². The number of halogens is 1. The number of carboxylic acid groups (broad SMARTS) is 1. The monoisotopic (exact) mass is 446 g/mol. The topological polar surface area (TPSA) is 124 Å². The van der Waals surface area contributed by atoms with Crippen molar-refractivity contribution in [1.82, 2.24) is 20.1 Å². The van der Waals surface area contributed by atoms with Crippen LogP contribution in [0.3, 0.4) is 0 Å². The number of amides is 1. The van der Waals surface area contributed by atoms with Crippen molar-refractivity contribution in [3.05, 3.63) is 59.2 Å². The van der Waals surface area contributed by atoms with Crippen molar-refractivity contribution in [1.29, 1.82) is 5.26 Å². The predicted octanol–water partition coefficient (Wildman–Crippen LogP) is 2.49. The number of hydrogen-bond acceptors (Lipinski definition) is 6. The third-order valence-corrected chi connectivity index (χ3v) is 6.02. The summed E-state index contributed by atoms with van der Waals surface area (Å²) >= 11 is 0. The Hall–Kier alpha value is -4.26.